The molecule has 2 aromatic rings. The van der Waals surface area contributed by atoms with E-state index in [1.54, 1.807) is 0 Å². The van der Waals surface area contributed by atoms with Gasteiger partial charge in [-0.2, -0.15) is 0 Å². The number of anilines is 1. The Morgan fingerprint density at radius 1 is 1.05 bits per heavy atom. The monoisotopic (exact) mass is 333 g/mol. The van der Waals surface area contributed by atoms with E-state index in [4.69, 9.17) is 28.9 Å². The molecule has 0 aliphatic rings. The molecule has 0 saturated heterocycles. The van der Waals surface area contributed by atoms with E-state index in [2.05, 4.69) is 0 Å². The molecule has 2 N–H and O–H groups in total. The highest BCUT2D eigenvalue weighted by molar-refractivity contribution is 7.90. The maximum Gasteiger partial charge on any atom is 0.184 e. The van der Waals surface area contributed by atoms with Gasteiger partial charge in [0.1, 0.15) is 5.82 Å². The van der Waals surface area contributed by atoms with Crippen molar-refractivity contribution in [3.63, 3.8) is 0 Å². The fraction of sp³-hybridized carbons (Fsp3) is 0.0769. The first-order valence-corrected chi connectivity index (χ1v) is 7.92. The molecular formula is C13H10Cl2FNO2S. The van der Waals surface area contributed by atoms with Gasteiger partial charge in [0.15, 0.2) is 9.84 Å². The van der Waals surface area contributed by atoms with Gasteiger partial charge < -0.3 is 5.73 Å². The van der Waals surface area contributed by atoms with E-state index in [1.165, 1.54) is 30.3 Å². The molecule has 0 bridgehead atoms. The van der Waals surface area contributed by atoms with Gasteiger partial charge in [-0.25, -0.2) is 12.8 Å². The number of hydrogen-bond acceptors (Lipinski definition) is 3. The van der Waals surface area contributed by atoms with E-state index in [0.29, 0.717) is 5.02 Å². The second kappa shape index (κ2) is 5.60. The topological polar surface area (TPSA) is 60.2 Å². The molecule has 0 spiro atoms. The predicted octanol–water partition coefficient (Wildman–Crippen LogP) is 3.69. The largest absolute Gasteiger partial charge is 0.398 e. The first-order chi connectivity index (χ1) is 9.29. The van der Waals surface area contributed by atoms with E-state index in [-0.39, 0.29) is 21.2 Å². The molecule has 0 amide bonds. The molecule has 0 aromatic heterocycles. The summed E-state index contributed by atoms with van der Waals surface area (Å²) in [5.41, 5.74) is 5.67. The Hall–Kier alpha value is -1.30. The van der Waals surface area contributed by atoms with Gasteiger partial charge in [0, 0.05) is 15.6 Å². The van der Waals surface area contributed by atoms with Crippen LogP contribution < -0.4 is 5.73 Å². The lowest BCUT2D eigenvalue weighted by atomic mass is 10.2. The normalized spacial score (nSPS) is 11.6. The van der Waals surface area contributed by atoms with Crippen LogP contribution in [0.15, 0.2) is 41.3 Å². The number of rotatable bonds is 3. The van der Waals surface area contributed by atoms with Crippen molar-refractivity contribution in [3.8, 4) is 0 Å². The number of nitrogens with two attached hydrogens (primary N) is 1. The van der Waals surface area contributed by atoms with Crippen LogP contribution in [0.1, 0.15) is 5.56 Å². The molecule has 0 radical (unpaired) electrons. The summed E-state index contributed by atoms with van der Waals surface area (Å²) in [4.78, 5) is -0.0822. The minimum absolute atomic E-state index is 0.00755. The summed E-state index contributed by atoms with van der Waals surface area (Å²) in [6.07, 6.45) is 0. The van der Waals surface area contributed by atoms with Crippen molar-refractivity contribution in [3.05, 3.63) is 57.8 Å². The highest BCUT2D eigenvalue weighted by Crippen LogP contribution is 2.27. The summed E-state index contributed by atoms with van der Waals surface area (Å²) in [6, 6.07) is 7.81. The van der Waals surface area contributed by atoms with Gasteiger partial charge in [0.25, 0.3) is 0 Å². The predicted molar refractivity (Wildman–Crippen MR) is 78.2 cm³/mol. The minimum atomic E-state index is -3.78. The van der Waals surface area contributed by atoms with Crippen molar-refractivity contribution in [2.45, 2.75) is 10.6 Å². The molecule has 0 heterocycles. The first-order valence-electron chi connectivity index (χ1n) is 5.51. The third-order valence-corrected chi connectivity index (χ3v) is 4.86. The third-order valence-electron chi connectivity index (χ3n) is 2.66. The number of benzene rings is 2. The second-order valence-corrected chi connectivity index (χ2v) is 7.01. The number of halogens is 3. The second-order valence-electron chi connectivity index (χ2n) is 4.18. The Morgan fingerprint density at radius 3 is 2.30 bits per heavy atom. The molecular weight excluding hydrogens is 324 g/mol. The maximum atomic E-state index is 13.6. The van der Waals surface area contributed by atoms with Crippen molar-refractivity contribution >= 4 is 38.7 Å². The van der Waals surface area contributed by atoms with Crippen molar-refractivity contribution in [1.29, 1.82) is 0 Å². The van der Waals surface area contributed by atoms with Gasteiger partial charge in [-0.05, 0) is 36.4 Å². The molecule has 0 saturated carbocycles. The van der Waals surface area contributed by atoms with E-state index < -0.39 is 21.4 Å². The molecule has 2 rings (SSSR count). The van der Waals surface area contributed by atoms with Crippen LogP contribution in [-0.2, 0) is 15.6 Å². The molecule has 3 nitrogen and oxygen atoms in total. The van der Waals surface area contributed by atoms with Crippen LogP contribution in [0.25, 0.3) is 0 Å². The Kier molecular flexibility index (Phi) is 4.22. The van der Waals surface area contributed by atoms with E-state index in [1.807, 2.05) is 0 Å². The highest BCUT2D eigenvalue weighted by Gasteiger charge is 2.20. The lowest BCUT2D eigenvalue weighted by Gasteiger charge is -2.09. The molecule has 0 fully saturated rings. The maximum absolute atomic E-state index is 13.6. The van der Waals surface area contributed by atoms with Crippen molar-refractivity contribution in [2.24, 2.45) is 0 Å². The Labute approximate surface area is 126 Å². The number of hydrogen-bond donors (Lipinski definition) is 1. The van der Waals surface area contributed by atoms with Crippen LogP contribution in [0.3, 0.4) is 0 Å². The number of nitrogen functional groups attached to an aromatic ring is 1. The zero-order valence-corrected chi connectivity index (χ0v) is 12.4. The lowest BCUT2D eigenvalue weighted by molar-refractivity contribution is 0.587. The van der Waals surface area contributed by atoms with Gasteiger partial charge in [0.2, 0.25) is 0 Å². The van der Waals surface area contributed by atoms with Gasteiger partial charge in [-0.1, -0.05) is 23.2 Å². The van der Waals surface area contributed by atoms with Gasteiger partial charge in [0.05, 0.1) is 16.3 Å². The smallest absolute Gasteiger partial charge is 0.184 e. The van der Waals surface area contributed by atoms with Crippen LogP contribution in [0.5, 0.6) is 0 Å². The molecule has 106 valence electrons. The molecule has 0 unspecified atom stereocenters. The average Bonchev–Trinajstić information content (AvgIpc) is 2.33. The fourth-order valence-electron chi connectivity index (χ4n) is 1.74. The standard InChI is InChI=1S/C13H10Cl2FNO2S/c14-9-1-3-11(16)8(5-9)7-20(18,19)13-4-2-10(15)6-12(13)17/h1-6H,7,17H2. The van der Waals surface area contributed by atoms with Crippen LogP contribution >= 0.6 is 23.2 Å². The van der Waals surface area contributed by atoms with Crippen molar-refractivity contribution in [1.82, 2.24) is 0 Å². The number of sulfone groups is 1. The van der Waals surface area contributed by atoms with Crippen LogP contribution in [0, 0.1) is 5.82 Å². The van der Waals surface area contributed by atoms with Crippen LogP contribution in [-0.4, -0.2) is 8.42 Å². The summed E-state index contributed by atoms with van der Waals surface area (Å²) in [5, 5.41) is 0.594. The molecule has 20 heavy (non-hydrogen) atoms. The first kappa shape index (κ1) is 15.1. The molecule has 2 aromatic carbocycles. The Bertz CT molecular complexity index is 763. The van der Waals surface area contributed by atoms with E-state index >= 15 is 0 Å². The minimum Gasteiger partial charge on any atom is -0.398 e. The lowest BCUT2D eigenvalue weighted by Crippen LogP contribution is -2.09. The van der Waals surface area contributed by atoms with E-state index in [0.717, 1.165) is 6.07 Å². The Morgan fingerprint density at radius 2 is 1.65 bits per heavy atom. The molecule has 0 atom stereocenters. The molecule has 0 aliphatic carbocycles. The Balaban J connectivity index is 2.43. The zero-order chi connectivity index (χ0) is 14.9. The summed E-state index contributed by atoms with van der Waals surface area (Å²) in [7, 11) is -3.78. The van der Waals surface area contributed by atoms with Gasteiger partial charge in [-0.3, -0.25) is 0 Å². The quantitative estimate of drug-likeness (QED) is 0.871. The molecule has 0 aliphatic heterocycles. The zero-order valence-electron chi connectivity index (χ0n) is 10.1. The molecule has 7 heteroatoms. The fourth-order valence-corrected chi connectivity index (χ4v) is 3.59. The van der Waals surface area contributed by atoms with Gasteiger partial charge >= 0.3 is 0 Å². The van der Waals surface area contributed by atoms with E-state index in [9.17, 15) is 12.8 Å². The summed E-state index contributed by atoms with van der Waals surface area (Å²) >= 11 is 11.5. The third kappa shape index (κ3) is 3.23. The van der Waals surface area contributed by atoms with Crippen molar-refractivity contribution in [2.75, 3.05) is 5.73 Å². The summed E-state index contributed by atoms with van der Waals surface area (Å²) < 4.78 is 38.1. The van der Waals surface area contributed by atoms with Crippen LogP contribution in [0.2, 0.25) is 10.0 Å². The van der Waals surface area contributed by atoms with Crippen molar-refractivity contribution < 1.29 is 12.8 Å². The highest BCUT2D eigenvalue weighted by atomic mass is 35.5. The summed E-state index contributed by atoms with van der Waals surface area (Å²) in [5.74, 6) is -1.16. The van der Waals surface area contributed by atoms with Crippen LogP contribution in [0.4, 0.5) is 10.1 Å². The van der Waals surface area contributed by atoms with Gasteiger partial charge in [-0.15, -0.1) is 0 Å². The SMILES string of the molecule is Nc1cc(Cl)ccc1S(=O)(=O)Cc1cc(Cl)ccc1F. The summed E-state index contributed by atoms with van der Waals surface area (Å²) in [6.45, 7) is 0. The average molecular weight is 334 g/mol.